The predicted octanol–water partition coefficient (Wildman–Crippen LogP) is -0.0153. The fourth-order valence-electron chi connectivity index (χ4n) is 3.68. The fourth-order valence-corrected chi connectivity index (χ4v) is 3.68. The summed E-state index contributed by atoms with van der Waals surface area (Å²) in [6.07, 6.45) is 1.93. The summed E-state index contributed by atoms with van der Waals surface area (Å²) in [6, 6.07) is 3.78. The molecule has 176 valence electrons. The third-order valence-electron chi connectivity index (χ3n) is 5.77. The standard InChI is InChI=1S/C22H32N4O6/c1-3-13(2)19(22(31)32)25-18(28)12-24-20(29)17-5-4-10-26(17)21(30)16(23)11-14-6-8-15(27)9-7-14/h6-9,13,16-17,19,27H,3-5,10-12,23H2,1-2H3,(H,24,29)(H,25,28)(H,31,32)/t13-,16-,17-,19-/m0/s1. The second-order valence-electron chi connectivity index (χ2n) is 8.15. The highest BCUT2D eigenvalue weighted by atomic mass is 16.4. The number of hydrogen-bond acceptors (Lipinski definition) is 6. The average Bonchev–Trinajstić information content (AvgIpc) is 3.26. The monoisotopic (exact) mass is 448 g/mol. The Morgan fingerprint density at radius 3 is 2.47 bits per heavy atom. The normalized spacial score (nSPS) is 18.5. The van der Waals surface area contributed by atoms with Gasteiger partial charge in [0.25, 0.3) is 0 Å². The number of carboxylic acids is 1. The first-order chi connectivity index (χ1) is 15.1. The Hall–Kier alpha value is -3.14. The first-order valence-corrected chi connectivity index (χ1v) is 10.8. The van der Waals surface area contributed by atoms with E-state index in [1.54, 1.807) is 19.1 Å². The number of likely N-dealkylation sites (tertiary alicyclic amines) is 1. The first kappa shape index (κ1) is 25.1. The number of phenols is 1. The van der Waals surface area contributed by atoms with Crippen molar-refractivity contribution < 1.29 is 29.4 Å². The van der Waals surface area contributed by atoms with Crippen molar-refractivity contribution in [3.05, 3.63) is 29.8 Å². The Bertz CT molecular complexity index is 828. The van der Waals surface area contributed by atoms with Gasteiger partial charge in [0.1, 0.15) is 17.8 Å². The Kier molecular flexibility index (Phi) is 9.01. The van der Waals surface area contributed by atoms with Gasteiger partial charge < -0.3 is 31.5 Å². The lowest BCUT2D eigenvalue weighted by Gasteiger charge is -2.27. The summed E-state index contributed by atoms with van der Waals surface area (Å²) >= 11 is 0. The quantitative estimate of drug-likeness (QED) is 0.336. The van der Waals surface area contributed by atoms with Crippen LogP contribution >= 0.6 is 0 Å². The molecule has 1 aromatic carbocycles. The predicted molar refractivity (Wildman–Crippen MR) is 117 cm³/mol. The van der Waals surface area contributed by atoms with Crippen LogP contribution in [0, 0.1) is 5.92 Å². The van der Waals surface area contributed by atoms with Crippen molar-refractivity contribution in [1.82, 2.24) is 15.5 Å². The summed E-state index contributed by atoms with van der Waals surface area (Å²) in [7, 11) is 0. The molecule has 4 atom stereocenters. The van der Waals surface area contributed by atoms with Crippen LogP contribution < -0.4 is 16.4 Å². The van der Waals surface area contributed by atoms with Gasteiger partial charge in [0, 0.05) is 6.54 Å². The average molecular weight is 449 g/mol. The minimum Gasteiger partial charge on any atom is -0.508 e. The number of carbonyl (C=O) groups is 4. The molecule has 0 spiro atoms. The maximum absolute atomic E-state index is 12.8. The van der Waals surface area contributed by atoms with Crippen LogP contribution in [0.25, 0.3) is 0 Å². The molecule has 1 heterocycles. The van der Waals surface area contributed by atoms with Crippen LogP contribution in [0.15, 0.2) is 24.3 Å². The molecule has 1 fully saturated rings. The lowest BCUT2D eigenvalue weighted by atomic mass is 9.99. The van der Waals surface area contributed by atoms with Crippen LogP contribution in [-0.2, 0) is 25.6 Å². The van der Waals surface area contributed by atoms with Crippen LogP contribution in [0.4, 0.5) is 0 Å². The number of benzene rings is 1. The summed E-state index contributed by atoms with van der Waals surface area (Å²) in [5, 5.41) is 23.6. The van der Waals surface area contributed by atoms with Gasteiger partial charge in [-0.1, -0.05) is 32.4 Å². The van der Waals surface area contributed by atoms with Crippen molar-refractivity contribution in [3.8, 4) is 5.75 Å². The highest BCUT2D eigenvalue weighted by Gasteiger charge is 2.36. The van der Waals surface area contributed by atoms with Gasteiger partial charge in [-0.15, -0.1) is 0 Å². The third kappa shape index (κ3) is 6.68. The van der Waals surface area contributed by atoms with Crippen LogP contribution in [0.1, 0.15) is 38.7 Å². The van der Waals surface area contributed by atoms with Crippen molar-refractivity contribution in [2.24, 2.45) is 11.7 Å². The first-order valence-electron chi connectivity index (χ1n) is 10.8. The summed E-state index contributed by atoms with van der Waals surface area (Å²) < 4.78 is 0. The number of nitrogens with one attached hydrogen (secondary N) is 2. The summed E-state index contributed by atoms with van der Waals surface area (Å²) in [5.74, 6) is -2.71. The highest BCUT2D eigenvalue weighted by molar-refractivity contribution is 5.93. The molecule has 1 aromatic rings. The Morgan fingerprint density at radius 2 is 1.88 bits per heavy atom. The van der Waals surface area contributed by atoms with E-state index < -0.39 is 35.9 Å². The van der Waals surface area contributed by atoms with Crippen LogP contribution in [0.3, 0.4) is 0 Å². The SMILES string of the molecule is CC[C@H](C)[C@H](NC(=O)CNC(=O)[C@@H]1CCCN1C(=O)[C@@H](N)Cc1ccc(O)cc1)C(=O)O. The van der Waals surface area contributed by atoms with E-state index in [9.17, 15) is 29.4 Å². The lowest BCUT2D eigenvalue weighted by molar-refractivity contribution is -0.143. The van der Waals surface area contributed by atoms with Crippen molar-refractivity contribution in [2.45, 2.75) is 57.7 Å². The van der Waals surface area contributed by atoms with Crippen LogP contribution in [-0.4, -0.2) is 70.0 Å². The molecule has 10 heteroatoms. The molecule has 1 saturated heterocycles. The zero-order valence-corrected chi connectivity index (χ0v) is 18.4. The van der Waals surface area contributed by atoms with E-state index in [-0.39, 0.29) is 30.5 Å². The molecular formula is C22H32N4O6. The molecule has 0 unspecified atom stereocenters. The second-order valence-corrected chi connectivity index (χ2v) is 8.15. The second kappa shape index (κ2) is 11.5. The van der Waals surface area contributed by atoms with Gasteiger partial charge in [-0.05, 0) is 42.9 Å². The minimum absolute atomic E-state index is 0.118. The highest BCUT2D eigenvalue weighted by Crippen LogP contribution is 2.19. The van der Waals surface area contributed by atoms with E-state index in [2.05, 4.69) is 10.6 Å². The van der Waals surface area contributed by atoms with E-state index in [1.807, 2.05) is 6.92 Å². The molecule has 0 bridgehead atoms. The summed E-state index contributed by atoms with van der Waals surface area (Å²) in [4.78, 5) is 50.4. The Labute approximate surface area is 187 Å². The summed E-state index contributed by atoms with van der Waals surface area (Å²) in [6.45, 7) is 3.56. The number of hydrogen-bond donors (Lipinski definition) is 5. The van der Waals surface area contributed by atoms with E-state index in [1.165, 1.54) is 17.0 Å². The molecule has 1 aliphatic rings. The Balaban J connectivity index is 1.90. The minimum atomic E-state index is -1.13. The molecule has 1 aliphatic heterocycles. The Morgan fingerprint density at radius 1 is 1.22 bits per heavy atom. The van der Waals surface area contributed by atoms with Crippen molar-refractivity contribution in [2.75, 3.05) is 13.1 Å². The molecular weight excluding hydrogens is 416 g/mol. The van der Waals surface area contributed by atoms with Gasteiger partial charge in [-0.25, -0.2) is 4.79 Å². The van der Waals surface area contributed by atoms with Gasteiger partial charge in [0.2, 0.25) is 17.7 Å². The number of carbonyl (C=O) groups excluding carboxylic acids is 3. The number of amides is 3. The number of nitrogens with two attached hydrogens (primary N) is 1. The number of aliphatic carboxylic acids is 1. The van der Waals surface area contributed by atoms with E-state index in [4.69, 9.17) is 5.73 Å². The molecule has 2 rings (SSSR count). The number of phenolic OH excluding ortho intramolecular Hbond substituents is 1. The molecule has 0 aromatic heterocycles. The van der Waals surface area contributed by atoms with Gasteiger partial charge in [-0.2, -0.15) is 0 Å². The topological polar surface area (TPSA) is 162 Å². The van der Waals surface area contributed by atoms with Crippen molar-refractivity contribution in [3.63, 3.8) is 0 Å². The number of nitrogens with zero attached hydrogens (tertiary/aromatic N) is 1. The van der Waals surface area contributed by atoms with Gasteiger partial charge >= 0.3 is 5.97 Å². The van der Waals surface area contributed by atoms with Gasteiger partial charge in [0.05, 0.1) is 12.6 Å². The molecule has 3 amide bonds. The number of aromatic hydroxyl groups is 1. The zero-order chi connectivity index (χ0) is 23.8. The number of rotatable bonds is 10. The van der Waals surface area contributed by atoms with E-state index in [0.29, 0.717) is 25.8 Å². The molecule has 0 saturated carbocycles. The molecule has 0 aliphatic carbocycles. The van der Waals surface area contributed by atoms with Crippen LogP contribution in [0.5, 0.6) is 5.75 Å². The van der Waals surface area contributed by atoms with Gasteiger partial charge in [0.15, 0.2) is 0 Å². The molecule has 32 heavy (non-hydrogen) atoms. The zero-order valence-electron chi connectivity index (χ0n) is 18.4. The largest absolute Gasteiger partial charge is 0.508 e. The molecule has 10 nitrogen and oxygen atoms in total. The maximum Gasteiger partial charge on any atom is 0.326 e. The molecule has 0 radical (unpaired) electrons. The number of carboxylic acid groups (broad SMARTS) is 1. The summed E-state index contributed by atoms with van der Waals surface area (Å²) in [5.41, 5.74) is 6.86. The fraction of sp³-hybridized carbons (Fsp3) is 0.545. The van der Waals surface area contributed by atoms with E-state index >= 15 is 0 Å². The van der Waals surface area contributed by atoms with E-state index in [0.717, 1.165) is 5.56 Å². The molecule has 6 N–H and O–H groups in total. The smallest absolute Gasteiger partial charge is 0.326 e. The van der Waals surface area contributed by atoms with Gasteiger partial charge in [-0.3, -0.25) is 14.4 Å². The van der Waals surface area contributed by atoms with Crippen molar-refractivity contribution >= 4 is 23.7 Å². The lowest BCUT2D eigenvalue weighted by Crippen LogP contribution is -2.53. The third-order valence-corrected chi connectivity index (χ3v) is 5.77. The maximum atomic E-state index is 12.8. The van der Waals surface area contributed by atoms with Crippen LogP contribution in [0.2, 0.25) is 0 Å². The van der Waals surface area contributed by atoms with Crippen molar-refractivity contribution in [1.29, 1.82) is 0 Å².